The smallest absolute Gasteiger partial charge is 0.347 e. The molecule has 0 rings (SSSR count). The maximum atomic E-state index is 11.8. The van der Waals surface area contributed by atoms with E-state index in [9.17, 15) is 14.4 Å². The third-order valence-corrected chi connectivity index (χ3v) is 3.01. The molecule has 42 heavy (non-hydrogen) atoms. The summed E-state index contributed by atoms with van der Waals surface area (Å²) < 4.78 is 14.7. The molecule has 0 aromatic carbocycles. The Hall–Kier alpha value is -1.67. The number of esters is 3. The monoisotopic (exact) mass is 617 g/mol. The molecule has 2 N–H and O–H groups in total. The fourth-order valence-corrected chi connectivity index (χ4v) is 1.26. The van der Waals surface area contributed by atoms with Crippen LogP contribution in [-0.2, 0) is 28.6 Å². The van der Waals surface area contributed by atoms with E-state index in [4.69, 9.17) is 24.4 Å². The van der Waals surface area contributed by atoms with E-state index in [0.717, 1.165) is 0 Å². The predicted molar refractivity (Wildman–Crippen MR) is 184 cm³/mol. The molecule has 8 nitrogen and oxygen atoms in total. The lowest BCUT2D eigenvalue weighted by Gasteiger charge is -2.24. The summed E-state index contributed by atoms with van der Waals surface area (Å²) in [6.45, 7) is 43.2. The standard InChI is InChI=1S/C15H26O8.C5H12.7C2H6/c1-9(2)22-14(20)11(4)23-13(19)10(3)12(18)21-8-15(5,6-16)7-17;1-5(2,3)4;7*1-2/h9-11,16-17H,6-8H2,1-5H3;1-4H3;7*1-2H3. The van der Waals surface area contributed by atoms with Gasteiger partial charge in [-0.1, -0.05) is 132 Å². The zero-order chi connectivity index (χ0) is 36.7. The number of hydrogen-bond acceptors (Lipinski definition) is 8. The van der Waals surface area contributed by atoms with Crippen LogP contribution in [0.15, 0.2) is 0 Å². The summed E-state index contributed by atoms with van der Waals surface area (Å²) in [4.78, 5) is 35.2. The average molecular weight is 617 g/mol. The van der Waals surface area contributed by atoms with Crippen LogP contribution in [0, 0.1) is 16.7 Å². The van der Waals surface area contributed by atoms with Crippen molar-refractivity contribution < 1.29 is 38.8 Å². The lowest BCUT2D eigenvalue weighted by molar-refractivity contribution is -0.176. The zero-order valence-corrected chi connectivity index (χ0v) is 32.7. The Morgan fingerprint density at radius 2 is 0.833 bits per heavy atom. The average Bonchev–Trinajstić information content (AvgIpc) is 3.01. The van der Waals surface area contributed by atoms with Gasteiger partial charge in [0, 0.05) is 5.41 Å². The van der Waals surface area contributed by atoms with Crippen LogP contribution in [0.25, 0.3) is 0 Å². The Kier molecular flexibility index (Phi) is 74.2. The second-order valence-corrected chi connectivity index (χ2v) is 9.02. The van der Waals surface area contributed by atoms with E-state index < -0.39 is 35.3 Å². The van der Waals surface area contributed by atoms with Gasteiger partial charge in [0.1, 0.15) is 6.61 Å². The topological polar surface area (TPSA) is 119 Å². The quantitative estimate of drug-likeness (QED) is 0.149. The highest BCUT2D eigenvalue weighted by Gasteiger charge is 2.31. The molecule has 0 saturated heterocycles. The first-order valence-electron chi connectivity index (χ1n) is 16.4. The predicted octanol–water partition coefficient (Wildman–Crippen LogP) is 9.28. The van der Waals surface area contributed by atoms with Gasteiger partial charge in [-0.25, -0.2) is 4.79 Å². The maximum absolute atomic E-state index is 11.8. The summed E-state index contributed by atoms with van der Waals surface area (Å²) in [6.07, 6.45) is -1.49. The Labute approximate surface area is 264 Å². The molecular weight excluding hydrogens is 536 g/mol. The Balaban J connectivity index is -0.0000000679. The molecule has 2 unspecified atom stereocenters. The summed E-state index contributed by atoms with van der Waals surface area (Å²) in [6, 6.07) is 0. The molecule has 0 aromatic heterocycles. The molecule has 0 spiro atoms. The summed E-state index contributed by atoms with van der Waals surface area (Å²) >= 11 is 0. The highest BCUT2D eigenvalue weighted by Crippen LogP contribution is 2.16. The van der Waals surface area contributed by atoms with Gasteiger partial charge in [0.05, 0.1) is 19.3 Å². The number of carbonyl (C=O) groups is 3. The van der Waals surface area contributed by atoms with Crippen molar-refractivity contribution in [1.29, 1.82) is 0 Å². The third-order valence-electron chi connectivity index (χ3n) is 3.01. The zero-order valence-electron chi connectivity index (χ0n) is 32.7. The number of carbonyl (C=O) groups excluding carboxylic acids is 3. The lowest BCUT2D eigenvalue weighted by atomic mass is 9.94. The van der Waals surface area contributed by atoms with Crippen LogP contribution >= 0.6 is 0 Å². The van der Waals surface area contributed by atoms with Crippen LogP contribution in [-0.4, -0.2) is 60.1 Å². The molecule has 0 amide bonds. The van der Waals surface area contributed by atoms with Gasteiger partial charge in [0.15, 0.2) is 12.0 Å². The van der Waals surface area contributed by atoms with Crippen LogP contribution in [0.4, 0.5) is 0 Å². The van der Waals surface area contributed by atoms with Crippen molar-refractivity contribution in [3.63, 3.8) is 0 Å². The van der Waals surface area contributed by atoms with E-state index in [-0.39, 0.29) is 25.9 Å². The van der Waals surface area contributed by atoms with Gasteiger partial charge in [-0.15, -0.1) is 0 Å². The number of rotatable bonds is 9. The van der Waals surface area contributed by atoms with Gasteiger partial charge >= 0.3 is 17.9 Å². The van der Waals surface area contributed by atoms with E-state index in [1.807, 2.05) is 96.9 Å². The molecule has 264 valence electrons. The van der Waals surface area contributed by atoms with Crippen LogP contribution in [0.2, 0.25) is 0 Å². The van der Waals surface area contributed by atoms with Crippen molar-refractivity contribution in [2.24, 2.45) is 16.7 Å². The molecule has 0 aliphatic heterocycles. The minimum absolute atomic E-state index is 0.249. The molecular formula is C34H80O8. The summed E-state index contributed by atoms with van der Waals surface area (Å²) in [5, 5.41) is 18.2. The summed E-state index contributed by atoms with van der Waals surface area (Å²) in [5.41, 5.74) is -0.492. The number of hydrogen-bond donors (Lipinski definition) is 2. The van der Waals surface area contributed by atoms with Gasteiger partial charge in [-0.3, -0.25) is 9.59 Å². The van der Waals surface area contributed by atoms with E-state index in [1.54, 1.807) is 13.8 Å². The number of ether oxygens (including phenoxy) is 3. The lowest BCUT2D eigenvalue weighted by Crippen LogP contribution is -2.36. The second-order valence-electron chi connectivity index (χ2n) is 9.02. The minimum atomic E-state index is -1.24. The van der Waals surface area contributed by atoms with Crippen molar-refractivity contribution in [3.05, 3.63) is 0 Å². The summed E-state index contributed by atoms with van der Waals surface area (Å²) in [5.74, 6) is -3.74. The minimum Gasteiger partial charge on any atom is -0.464 e. The maximum Gasteiger partial charge on any atom is 0.347 e. The van der Waals surface area contributed by atoms with Crippen molar-refractivity contribution in [3.8, 4) is 0 Å². The largest absolute Gasteiger partial charge is 0.464 e. The van der Waals surface area contributed by atoms with E-state index in [1.165, 1.54) is 20.8 Å². The van der Waals surface area contributed by atoms with Gasteiger partial charge in [-0.05, 0) is 33.1 Å². The molecule has 0 fully saturated rings. The van der Waals surface area contributed by atoms with E-state index in [0.29, 0.717) is 5.41 Å². The number of aliphatic hydroxyl groups is 2. The van der Waals surface area contributed by atoms with Crippen LogP contribution in [0.1, 0.15) is 159 Å². The molecule has 0 aliphatic rings. The second kappa shape index (κ2) is 49.0. The van der Waals surface area contributed by atoms with Crippen LogP contribution < -0.4 is 0 Å². The SMILES string of the molecule is CC.CC.CC.CC.CC.CC.CC.CC(C)(C)C.CC(C)OC(=O)C(C)OC(=O)C(C)C(=O)OCC(C)(CO)CO. The number of aliphatic hydroxyl groups excluding tert-OH is 2. The first kappa shape index (κ1) is 63.6. The highest BCUT2D eigenvalue weighted by atomic mass is 16.6. The Morgan fingerprint density at radius 1 is 0.548 bits per heavy atom. The fraction of sp³-hybridized carbons (Fsp3) is 0.912. The van der Waals surface area contributed by atoms with Crippen molar-refractivity contribution in [1.82, 2.24) is 0 Å². The molecule has 0 saturated carbocycles. The Bertz CT molecular complexity index is 488. The van der Waals surface area contributed by atoms with Crippen LogP contribution in [0.3, 0.4) is 0 Å². The highest BCUT2D eigenvalue weighted by molar-refractivity contribution is 5.95. The molecule has 0 heterocycles. The third kappa shape index (κ3) is 58.1. The Morgan fingerprint density at radius 3 is 1.07 bits per heavy atom. The van der Waals surface area contributed by atoms with E-state index >= 15 is 0 Å². The molecule has 0 radical (unpaired) electrons. The fourth-order valence-electron chi connectivity index (χ4n) is 1.26. The van der Waals surface area contributed by atoms with Gasteiger partial charge in [-0.2, -0.15) is 0 Å². The summed E-state index contributed by atoms with van der Waals surface area (Å²) in [7, 11) is 0. The first-order valence-corrected chi connectivity index (χ1v) is 16.4. The first-order chi connectivity index (χ1) is 19.6. The van der Waals surface area contributed by atoms with Gasteiger partial charge in [0.25, 0.3) is 0 Å². The van der Waals surface area contributed by atoms with Crippen molar-refractivity contribution in [2.75, 3.05) is 19.8 Å². The van der Waals surface area contributed by atoms with Gasteiger partial charge < -0.3 is 24.4 Å². The van der Waals surface area contributed by atoms with Crippen LogP contribution in [0.5, 0.6) is 0 Å². The molecule has 8 heteroatoms. The van der Waals surface area contributed by atoms with E-state index in [2.05, 4.69) is 27.7 Å². The van der Waals surface area contributed by atoms with Crippen molar-refractivity contribution >= 4 is 17.9 Å². The molecule has 0 aliphatic carbocycles. The van der Waals surface area contributed by atoms with Gasteiger partial charge in [0.2, 0.25) is 0 Å². The molecule has 0 bridgehead atoms. The molecule has 0 aromatic rings. The molecule has 2 atom stereocenters. The normalized spacial score (nSPS) is 10.1. The van der Waals surface area contributed by atoms with Crippen molar-refractivity contribution in [2.45, 2.75) is 171 Å².